The Morgan fingerprint density at radius 3 is 2.52 bits per heavy atom. The first-order valence-electron chi connectivity index (χ1n) is 10.1. The zero-order valence-corrected chi connectivity index (χ0v) is 16.9. The zero-order valence-electron chi connectivity index (χ0n) is 16.1. The summed E-state index contributed by atoms with van der Waals surface area (Å²) in [5, 5.41) is 0.730. The SMILES string of the molecule is Cc1ccc(S(=O)(=O)N2CCC(CN3CCCCC3)CC2)c2cccnc12. The Kier molecular flexibility index (Phi) is 5.48. The third-order valence-corrected chi connectivity index (χ3v) is 8.04. The molecule has 2 fully saturated rings. The first kappa shape index (κ1) is 18.8. The Balaban J connectivity index is 1.48. The second-order valence-corrected chi connectivity index (χ2v) is 9.90. The third-order valence-electron chi connectivity index (χ3n) is 6.09. The molecule has 2 aromatic rings. The van der Waals surface area contributed by atoms with E-state index in [1.54, 1.807) is 16.6 Å². The molecule has 1 aromatic heterocycles. The lowest BCUT2D eigenvalue weighted by Gasteiger charge is -2.35. The second-order valence-electron chi connectivity index (χ2n) is 7.99. The topological polar surface area (TPSA) is 53.5 Å². The molecule has 6 heteroatoms. The molecule has 5 nitrogen and oxygen atoms in total. The minimum absolute atomic E-state index is 0.394. The summed E-state index contributed by atoms with van der Waals surface area (Å²) in [4.78, 5) is 7.35. The molecule has 4 rings (SSSR count). The van der Waals surface area contributed by atoms with Gasteiger partial charge in [0.05, 0.1) is 10.4 Å². The van der Waals surface area contributed by atoms with Crippen molar-refractivity contribution in [2.75, 3.05) is 32.7 Å². The summed E-state index contributed by atoms with van der Waals surface area (Å²) in [6.45, 7) is 6.76. The number of aryl methyl sites for hydroxylation is 1. The molecule has 0 saturated carbocycles. The Labute approximate surface area is 162 Å². The van der Waals surface area contributed by atoms with Gasteiger partial charge in [-0.25, -0.2) is 8.42 Å². The van der Waals surface area contributed by atoms with Crippen LogP contribution < -0.4 is 0 Å². The number of hydrogen-bond donors (Lipinski definition) is 0. The van der Waals surface area contributed by atoms with Crippen molar-refractivity contribution in [3.63, 3.8) is 0 Å². The smallest absolute Gasteiger partial charge is 0.243 e. The van der Waals surface area contributed by atoms with Crippen molar-refractivity contribution < 1.29 is 8.42 Å². The monoisotopic (exact) mass is 387 g/mol. The maximum Gasteiger partial charge on any atom is 0.243 e. The highest BCUT2D eigenvalue weighted by Gasteiger charge is 2.31. The van der Waals surface area contributed by atoms with E-state index in [2.05, 4.69) is 9.88 Å². The average Bonchev–Trinajstić information content (AvgIpc) is 2.69. The molecule has 27 heavy (non-hydrogen) atoms. The van der Waals surface area contributed by atoms with Crippen molar-refractivity contribution in [1.82, 2.24) is 14.2 Å². The molecule has 1 aromatic carbocycles. The fourth-order valence-corrected chi connectivity index (χ4v) is 6.14. The van der Waals surface area contributed by atoms with E-state index >= 15 is 0 Å². The van der Waals surface area contributed by atoms with E-state index in [0.29, 0.717) is 23.9 Å². The minimum Gasteiger partial charge on any atom is -0.303 e. The maximum atomic E-state index is 13.3. The first-order chi connectivity index (χ1) is 13.1. The largest absolute Gasteiger partial charge is 0.303 e. The summed E-state index contributed by atoms with van der Waals surface area (Å²) in [5.41, 5.74) is 1.78. The highest BCUT2D eigenvalue weighted by Crippen LogP contribution is 2.30. The number of rotatable bonds is 4. The van der Waals surface area contributed by atoms with E-state index in [0.717, 1.165) is 35.9 Å². The van der Waals surface area contributed by atoms with Crippen molar-refractivity contribution in [3.8, 4) is 0 Å². The van der Waals surface area contributed by atoms with Gasteiger partial charge in [0, 0.05) is 31.2 Å². The third kappa shape index (κ3) is 3.89. The molecule has 0 unspecified atom stereocenters. The first-order valence-corrected chi connectivity index (χ1v) is 11.6. The van der Waals surface area contributed by atoms with Gasteiger partial charge in [-0.05, 0) is 75.4 Å². The highest BCUT2D eigenvalue weighted by atomic mass is 32.2. The van der Waals surface area contributed by atoms with Crippen LogP contribution in [0.15, 0.2) is 35.4 Å². The summed E-state index contributed by atoms with van der Waals surface area (Å²) in [6, 6.07) is 7.29. The van der Waals surface area contributed by atoms with Crippen LogP contribution in [0.1, 0.15) is 37.7 Å². The molecule has 2 saturated heterocycles. The number of likely N-dealkylation sites (tertiary alicyclic amines) is 1. The second kappa shape index (κ2) is 7.86. The highest BCUT2D eigenvalue weighted by molar-refractivity contribution is 7.89. The molecule has 146 valence electrons. The normalized spacial score (nSPS) is 20.9. The van der Waals surface area contributed by atoms with Crippen LogP contribution in [0.2, 0.25) is 0 Å². The Bertz CT molecular complexity index is 899. The lowest BCUT2D eigenvalue weighted by Crippen LogP contribution is -2.42. The molecule has 2 aliphatic rings. The van der Waals surface area contributed by atoms with E-state index in [4.69, 9.17) is 0 Å². The predicted octanol–water partition coefficient (Wildman–Crippen LogP) is 3.43. The quantitative estimate of drug-likeness (QED) is 0.807. The van der Waals surface area contributed by atoms with Crippen molar-refractivity contribution in [2.24, 2.45) is 5.92 Å². The van der Waals surface area contributed by atoms with E-state index in [-0.39, 0.29) is 0 Å². The molecule has 0 atom stereocenters. The number of nitrogens with zero attached hydrogens (tertiary/aromatic N) is 3. The van der Waals surface area contributed by atoms with E-state index in [1.165, 1.54) is 32.4 Å². The van der Waals surface area contributed by atoms with Crippen molar-refractivity contribution in [3.05, 3.63) is 36.0 Å². The van der Waals surface area contributed by atoms with E-state index in [1.807, 2.05) is 25.1 Å². The van der Waals surface area contributed by atoms with Crippen LogP contribution in [0.25, 0.3) is 10.9 Å². The van der Waals surface area contributed by atoms with Gasteiger partial charge < -0.3 is 4.90 Å². The van der Waals surface area contributed by atoms with E-state index < -0.39 is 10.0 Å². The summed E-state index contributed by atoms with van der Waals surface area (Å²) in [7, 11) is -3.48. The van der Waals surface area contributed by atoms with Crippen LogP contribution in [0.3, 0.4) is 0 Å². The molecular weight excluding hydrogens is 358 g/mol. The summed E-state index contributed by atoms with van der Waals surface area (Å²) >= 11 is 0. The van der Waals surface area contributed by atoms with Crippen LogP contribution in [0.5, 0.6) is 0 Å². The number of benzene rings is 1. The number of hydrogen-bond acceptors (Lipinski definition) is 4. The van der Waals surface area contributed by atoms with E-state index in [9.17, 15) is 8.42 Å². The number of pyridine rings is 1. The molecule has 0 aliphatic carbocycles. The van der Waals surface area contributed by atoms with Gasteiger partial charge in [-0.3, -0.25) is 4.98 Å². The fraction of sp³-hybridized carbons (Fsp3) is 0.571. The van der Waals surface area contributed by atoms with Gasteiger partial charge in [0.25, 0.3) is 0 Å². The van der Waals surface area contributed by atoms with Crippen LogP contribution in [0, 0.1) is 12.8 Å². The minimum atomic E-state index is -3.48. The molecule has 0 bridgehead atoms. The lowest BCUT2D eigenvalue weighted by atomic mass is 9.96. The molecule has 0 radical (unpaired) electrons. The summed E-state index contributed by atoms with van der Waals surface area (Å²) < 4.78 is 28.3. The Morgan fingerprint density at radius 1 is 1.04 bits per heavy atom. The lowest BCUT2D eigenvalue weighted by molar-refractivity contribution is 0.161. The molecule has 0 N–H and O–H groups in total. The van der Waals surface area contributed by atoms with Gasteiger partial charge in [-0.15, -0.1) is 0 Å². The van der Waals surface area contributed by atoms with Gasteiger partial charge in [-0.2, -0.15) is 4.31 Å². The number of fused-ring (bicyclic) bond motifs is 1. The summed E-state index contributed by atoms with van der Waals surface area (Å²) in [6.07, 6.45) is 7.60. The van der Waals surface area contributed by atoms with Gasteiger partial charge >= 0.3 is 0 Å². The van der Waals surface area contributed by atoms with Gasteiger partial charge in [0.2, 0.25) is 10.0 Å². The molecule has 0 amide bonds. The molecule has 2 aliphatic heterocycles. The average molecular weight is 388 g/mol. The van der Waals surface area contributed by atoms with Crippen LogP contribution in [-0.4, -0.2) is 55.3 Å². The fourth-order valence-electron chi connectivity index (χ4n) is 4.49. The number of sulfonamides is 1. The van der Waals surface area contributed by atoms with Crippen molar-refractivity contribution in [2.45, 2.75) is 43.9 Å². The molecule has 0 spiro atoms. The number of piperidine rings is 2. The van der Waals surface area contributed by atoms with Crippen LogP contribution in [0.4, 0.5) is 0 Å². The van der Waals surface area contributed by atoms with Gasteiger partial charge in [-0.1, -0.05) is 12.5 Å². The summed E-state index contributed by atoms with van der Waals surface area (Å²) in [5.74, 6) is 0.617. The molecule has 3 heterocycles. The standard InChI is InChI=1S/C21H29N3O2S/c1-17-7-8-20(19-6-5-11-22-21(17)19)27(25,26)24-14-9-18(10-15-24)16-23-12-3-2-4-13-23/h5-8,11,18H,2-4,9-10,12-16H2,1H3. The predicted molar refractivity (Wildman–Crippen MR) is 108 cm³/mol. The van der Waals surface area contributed by atoms with Crippen molar-refractivity contribution in [1.29, 1.82) is 0 Å². The zero-order chi connectivity index (χ0) is 18.9. The van der Waals surface area contributed by atoms with Crippen LogP contribution in [-0.2, 0) is 10.0 Å². The van der Waals surface area contributed by atoms with Gasteiger partial charge in [0.1, 0.15) is 0 Å². The Morgan fingerprint density at radius 2 is 1.78 bits per heavy atom. The Hall–Kier alpha value is -1.50. The number of aromatic nitrogens is 1. The van der Waals surface area contributed by atoms with Gasteiger partial charge in [0.15, 0.2) is 0 Å². The van der Waals surface area contributed by atoms with Crippen LogP contribution >= 0.6 is 0 Å². The maximum absolute atomic E-state index is 13.3. The van der Waals surface area contributed by atoms with Crippen molar-refractivity contribution >= 4 is 20.9 Å². The molecular formula is C21H29N3O2S.